The number of anilines is 1. The number of ether oxygens (including phenoxy) is 3. The first-order valence-corrected chi connectivity index (χ1v) is 8.07. The first-order valence-electron chi connectivity index (χ1n) is 8.07. The highest BCUT2D eigenvalue weighted by Crippen LogP contribution is 2.28. The first kappa shape index (κ1) is 19.3. The number of benzene rings is 1. The van der Waals surface area contributed by atoms with Crippen molar-refractivity contribution in [3.8, 4) is 11.5 Å². The first-order chi connectivity index (χ1) is 12.4. The summed E-state index contributed by atoms with van der Waals surface area (Å²) >= 11 is 0. The number of hydrogen-bond acceptors (Lipinski definition) is 7. The van der Waals surface area contributed by atoms with Crippen LogP contribution in [0.5, 0.6) is 11.5 Å². The molecule has 140 valence electrons. The van der Waals surface area contributed by atoms with Crippen LogP contribution in [0.1, 0.15) is 24.7 Å². The Balaban J connectivity index is 1.83. The Morgan fingerprint density at radius 1 is 1.19 bits per heavy atom. The Morgan fingerprint density at radius 3 is 2.54 bits per heavy atom. The van der Waals surface area contributed by atoms with Gasteiger partial charge >= 0.3 is 5.97 Å². The molecule has 1 aromatic carbocycles. The maximum Gasteiger partial charge on any atom is 0.306 e. The number of esters is 1. The Hall–Kier alpha value is -3.03. The molecule has 8 heteroatoms. The fraction of sp³-hybridized carbons (Fsp3) is 0.389. The average Bonchev–Trinajstić information content (AvgIpc) is 3.04. The lowest BCUT2D eigenvalue weighted by atomic mass is 10.1. The van der Waals surface area contributed by atoms with Crippen molar-refractivity contribution < 1.29 is 28.3 Å². The van der Waals surface area contributed by atoms with Crippen molar-refractivity contribution in [2.24, 2.45) is 0 Å². The smallest absolute Gasteiger partial charge is 0.306 e. The lowest BCUT2D eigenvalue weighted by Gasteiger charge is -2.13. The summed E-state index contributed by atoms with van der Waals surface area (Å²) in [5.74, 6) is 1.11. The minimum absolute atomic E-state index is 0.135. The summed E-state index contributed by atoms with van der Waals surface area (Å²) in [5, 5.41) is 6.17. The van der Waals surface area contributed by atoms with Gasteiger partial charge in [0.25, 0.3) is 5.91 Å². The molecule has 8 nitrogen and oxygen atoms in total. The molecular weight excluding hydrogens is 340 g/mol. The second-order valence-electron chi connectivity index (χ2n) is 5.63. The molecule has 1 aromatic heterocycles. The number of amides is 1. The van der Waals surface area contributed by atoms with Gasteiger partial charge in [-0.05, 0) is 38.0 Å². The molecule has 0 spiro atoms. The zero-order valence-corrected chi connectivity index (χ0v) is 15.2. The van der Waals surface area contributed by atoms with E-state index in [0.717, 1.165) is 5.56 Å². The van der Waals surface area contributed by atoms with Crippen molar-refractivity contribution >= 4 is 17.7 Å². The Labute approximate surface area is 151 Å². The van der Waals surface area contributed by atoms with E-state index in [2.05, 4.69) is 10.5 Å². The highest BCUT2D eigenvalue weighted by molar-refractivity contribution is 5.94. The van der Waals surface area contributed by atoms with E-state index in [1.807, 2.05) is 6.07 Å². The summed E-state index contributed by atoms with van der Waals surface area (Å²) < 4.78 is 20.4. The molecule has 1 amide bonds. The summed E-state index contributed by atoms with van der Waals surface area (Å²) in [4.78, 5) is 24.0. The van der Waals surface area contributed by atoms with Crippen LogP contribution >= 0.6 is 0 Å². The largest absolute Gasteiger partial charge is 0.493 e. The van der Waals surface area contributed by atoms with Gasteiger partial charge in [-0.15, -0.1) is 0 Å². The average molecular weight is 362 g/mol. The maximum absolute atomic E-state index is 12.0. The number of aryl methyl sites for hydroxylation is 2. The predicted molar refractivity (Wildman–Crippen MR) is 93.3 cm³/mol. The lowest BCUT2D eigenvalue weighted by molar-refractivity contribution is -0.153. The molecule has 0 bridgehead atoms. The van der Waals surface area contributed by atoms with Gasteiger partial charge in [0.05, 0.1) is 14.2 Å². The number of methoxy groups -OCH3 is 2. The molecule has 0 unspecified atom stereocenters. The zero-order valence-electron chi connectivity index (χ0n) is 15.2. The quantitative estimate of drug-likeness (QED) is 0.720. The van der Waals surface area contributed by atoms with Crippen molar-refractivity contribution in [2.45, 2.75) is 32.8 Å². The van der Waals surface area contributed by atoms with Crippen LogP contribution in [-0.2, 0) is 20.7 Å². The van der Waals surface area contributed by atoms with E-state index in [0.29, 0.717) is 23.7 Å². The van der Waals surface area contributed by atoms with Crippen molar-refractivity contribution in [1.29, 1.82) is 0 Å². The third-order valence-electron chi connectivity index (χ3n) is 3.62. The highest BCUT2D eigenvalue weighted by Gasteiger charge is 2.19. The number of carbonyl (C=O) groups excluding carboxylic acids is 2. The molecule has 0 fully saturated rings. The standard InChI is InChI=1S/C18H22N2O6/c1-11-9-16(20-26-11)19-18(22)12(2)25-17(21)8-6-13-5-7-14(23-3)15(10-13)24-4/h5,7,9-10,12H,6,8H2,1-4H3,(H,19,20,22)/t12-/m1/s1. The third-order valence-corrected chi connectivity index (χ3v) is 3.62. The van der Waals surface area contributed by atoms with E-state index >= 15 is 0 Å². The molecule has 0 aliphatic rings. The number of hydrogen-bond donors (Lipinski definition) is 1. The molecule has 1 N–H and O–H groups in total. The van der Waals surface area contributed by atoms with Gasteiger partial charge < -0.3 is 24.1 Å². The van der Waals surface area contributed by atoms with E-state index in [1.54, 1.807) is 39.3 Å². The summed E-state index contributed by atoms with van der Waals surface area (Å²) in [7, 11) is 3.11. The molecule has 0 radical (unpaired) electrons. The number of nitrogens with one attached hydrogen (secondary N) is 1. The van der Waals surface area contributed by atoms with Crippen LogP contribution in [-0.4, -0.2) is 37.4 Å². The summed E-state index contributed by atoms with van der Waals surface area (Å²) in [5.41, 5.74) is 0.898. The normalized spacial score (nSPS) is 11.5. The monoisotopic (exact) mass is 362 g/mol. The fourth-order valence-corrected chi connectivity index (χ4v) is 2.25. The summed E-state index contributed by atoms with van der Waals surface area (Å²) in [6.07, 6.45) is -0.350. The molecular formula is C18H22N2O6. The minimum atomic E-state index is -0.940. The second-order valence-corrected chi connectivity index (χ2v) is 5.63. The Bertz CT molecular complexity index is 771. The maximum atomic E-state index is 12.0. The third kappa shape index (κ3) is 5.23. The summed E-state index contributed by atoms with van der Waals surface area (Å²) in [6, 6.07) is 6.99. The lowest BCUT2D eigenvalue weighted by Crippen LogP contribution is -2.30. The van der Waals surface area contributed by atoms with Crippen molar-refractivity contribution in [3.63, 3.8) is 0 Å². The van der Waals surface area contributed by atoms with Crippen LogP contribution < -0.4 is 14.8 Å². The molecule has 0 aliphatic heterocycles. The van der Waals surface area contributed by atoms with Crippen LogP contribution in [0, 0.1) is 6.92 Å². The molecule has 0 saturated carbocycles. The van der Waals surface area contributed by atoms with E-state index in [-0.39, 0.29) is 12.2 Å². The topological polar surface area (TPSA) is 99.9 Å². The minimum Gasteiger partial charge on any atom is -0.493 e. The number of carbonyl (C=O) groups is 2. The van der Waals surface area contributed by atoms with Crippen LogP contribution in [0.2, 0.25) is 0 Å². The van der Waals surface area contributed by atoms with Gasteiger partial charge in [0.2, 0.25) is 0 Å². The van der Waals surface area contributed by atoms with Gasteiger partial charge in [-0.1, -0.05) is 11.2 Å². The van der Waals surface area contributed by atoms with Gasteiger partial charge in [0, 0.05) is 12.5 Å². The van der Waals surface area contributed by atoms with Gasteiger partial charge in [0.15, 0.2) is 23.4 Å². The van der Waals surface area contributed by atoms with Crippen LogP contribution in [0.15, 0.2) is 28.8 Å². The molecule has 26 heavy (non-hydrogen) atoms. The van der Waals surface area contributed by atoms with Crippen molar-refractivity contribution in [3.05, 3.63) is 35.6 Å². The molecule has 2 aromatic rings. The van der Waals surface area contributed by atoms with Gasteiger partial charge in [0.1, 0.15) is 5.76 Å². The van der Waals surface area contributed by atoms with Gasteiger partial charge in [-0.25, -0.2) is 0 Å². The molecule has 1 atom stereocenters. The highest BCUT2D eigenvalue weighted by atomic mass is 16.5. The molecule has 2 rings (SSSR count). The van der Waals surface area contributed by atoms with E-state index in [4.69, 9.17) is 18.7 Å². The zero-order chi connectivity index (χ0) is 19.1. The van der Waals surface area contributed by atoms with Crippen LogP contribution in [0.4, 0.5) is 5.82 Å². The number of aromatic nitrogens is 1. The van der Waals surface area contributed by atoms with Gasteiger partial charge in [-0.2, -0.15) is 0 Å². The Kier molecular flexibility index (Phi) is 6.60. The molecule has 0 aliphatic carbocycles. The summed E-state index contributed by atoms with van der Waals surface area (Å²) in [6.45, 7) is 3.21. The molecule has 0 saturated heterocycles. The van der Waals surface area contributed by atoms with E-state index in [1.165, 1.54) is 6.92 Å². The Morgan fingerprint density at radius 2 is 1.92 bits per heavy atom. The second kappa shape index (κ2) is 8.89. The van der Waals surface area contributed by atoms with Crippen molar-refractivity contribution in [1.82, 2.24) is 5.16 Å². The number of rotatable bonds is 8. The predicted octanol–water partition coefficient (Wildman–Crippen LogP) is 2.50. The number of nitrogens with zero attached hydrogens (tertiary/aromatic N) is 1. The van der Waals surface area contributed by atoms with Gasteiger partial charge in [-0.3, -0.25) is 9.59 Å². The van der Waals surface area contributed by atoms with E-state index in [9.17, 15) is 9.59 Å². The van der Waals surface area contributed by atoms with E-state index < -0.39 is 18.0 Å². The fourth-order valence-electron chi connectivity index (χ4n) is 2.25. The molecule has 1 heterocycles. The van der Waals surface area contributed by atoms with Crippen LogP contribution in [0.25, 0.3) is 0 Å². The SMILES string of the molecule is COc1ccc(CCC(=O)O[C@H](C)C(=O)Nc2cc(C)on2)cc1OC. The van der Waals surface area contributed by atoms with Crippen LogP contribution in [0.3, 0.4) is 0 Å². The van der Waals surface area contributed by atoms with Crippen molar-refractivity contribution in [2.75, 3.05) is 19.5 Å².